The second kappa shape index (κ2) is 6.91. The number of ether oxygens (including phenoxy) is 1. The van der Waals surface area contributed by atoms with Crippen molar-refractivity contribution >= 4 is 6.08 Å². The van der Waals surface area contributed by atoms with Crippen molar-refractivity contribution in [3.05, 3.63) is 64.7 Å². The van der Waals surface area contributed by atoms with E-state index in [1.54, 1.807) is 7.11 Å². The third-order valence-corrected chi connectivity index (χ3v) is 8.05. The highest BCUT2D eigenvalue weighted by Gasteiger charge is 2.56. The van der Waals surface area contributed by atoms with Crippen molar-refractivity contribution in [3.8, 4) is 11.5 Å². The lowest BCUT2D eigenvalue weighted by Crippen LogP contribution is -2.44. The number of aromatic hydroxyl groups is 1. The van der Waals surface area contributed by atoms with Crippen LogP contribution in [0.3, 0.4) is 0 Å². The molecular formula is C26H30O3. The number of methoxy groups -OCH3 is 1. The summed E-state index contributed by atoms with van der Waals surface area (Å²) in [6.45, 7) is 2.31. The van der Waals surface area contributed by atoms with Gasteiger partial charge in [0.2, 0.25) is 0 Å². The van der Waals surface area contributed by atoms with Crippen LogP contribution in [0.15, 0.2) is 48.0 Å². The summed E-state index contributed by atoms with van der Waals surface area (Å²) >= 11 is 0. The summed E-state index contributed by atoms with van der Waals surface area (Å²) in [7, 11) is 1.68. The van der Waals surface area contributed by atoms with Crippen LogP contribution >= 0.6 is 0 Å². The number of benzene rings is 2. The molecule has 0 saturated heterocycles. The molecule has 0 aromatic heterocycles. The van der Waals surface area contributed by atoms with Crippen LogP contribution in [0.2, 0.25) is 0 Å². The molecule has 0 spiro atoms. The van der Waals surface area contributed by atoms with E-state index in [9.17, 15) is 10.2 Å². The Bertz CT molecular complexity index is 945. The van der Waals surface area contributed by atoms with Crippen LogP contribution in [0.5, 0.6) is 11.5 Å². The van der Waals surface area contributed by atoms with Gasteiger partial charge in [0.1, 0.15) is 11.5 Å². The number of fused-ring (bicyclic) bond motifs is 5. The lowest BCUT2D eigenvalue weighted by molar-refractivity contribution is -0.0158. The van der Waals surface area contributed by atoms with Crippen LogP contribution in [-0.4, -0.2) is 23.4 Å². The van der Waals surface area contributed by atoms with Gasteiger partial charge in [-0.25, -0.2) is 0 Å². The fourth-order valence-corrected chi connectivity index (χ4v) is 6.48. The predicted octanol–water partition coefficient (Wildman–Crippen LogP) is 5.31. The van der Waals surface area contributed by atoms with E-state index in [2.05, 4.69) is 31.2 Å². The van der Waals surface area contributed by atoms with E-state index < -0.39 is 0 Å². The highest BCUT2D eigenvalue weighted by molar-refractivity contribution is 5.56. The molecule has 152 valence electrons. The SMILES string of the molecule is COc1ccc(/C=C2\C[C@@H]3[C@@H]4CCc5cc(O)ccc5[C@@H]4CC[C@]3(C)[C@H]2O)cc1. The maximum absolute atomic E-state index is 11.3. The zero-order valence-corrected chi connectivity index (χ0v) is 17.3. The van der Waals surface area contributed by atoms with Gasteiger partial charge >= 0.3 is 0 Å². The van der Waals surface area contributed by atoms with Crippen LogP contribution in [0.4, 0.5) is 0 Å². The Hall–Kier alpha value is -2.26. The first-order valence-electron chi connectivity index (χ1n) is 10.8. The predicted molar refractivity (Wildman–Crippen MR) is 115 cm³/mol. The second-order valence-electron chi connectivity index (χ2n) is 9.44. The molecule has 0 unspecified atom stereocenters. The first-order chi connectivity index (χ1) is 14.0. The van der Waals surface area contributed by atoms with Crippen molar-refractivity contribution in [1.29, 1.82) is 0 Å². The molecule has 2 aromatic rings. The molecule has 2 saturated carbocycles. The molecule has 2 N–H and O–H groups in total. The van der Waals surface area contributed by atoms with Gasteiger partial charge in [-0.15, -0.1) is 0 Å². The van der Waals surface area contributed by atoms with Gasteiger partial charge in [-0.3, -0.25) is 0 Å². The Labute approximate surface area is 173 Å². The minimum Gasteiger partial charge on any atom is -0.508 e. The van der Waals surface area contributed by atoms with Crippen molar-refractivity contribution in [2.75, 3.05) is 7.11 Å². The Morgan fingerprint density at radius 2 is 1.90 bits per heavy atom. The summed E-state index contributed by atoms with van der Waals surface area (Å²) in [5, 5.41) is 21.2. The van der Waals surface area contributed by atoms with Gasteiger partial charge in [0, 0.05) is 5.41 Å². The van der Waals surface area contributed by atoms with Crippen LogP contribution < -0.4 is 4.74 Å². The molecule has 2 aromatic carbocycles. The summed E-state index contributed by atoms with van der Waals surface area (Å²) in [6.07, 6.45) is 7.18. The largest absolute Gasteiger partial charge is 0.508 e. The minimum absolute atomic E-state index is 0.0338. The van der Waals surface area contributed by atoms with E-state index in [0.29, 0.717) is 23.5 Å². The van der Waals surface area contributed by atoms with Crippen LogP contribution in [0.1, 0.15) is 55.2 Å². The molecule has 3 heteroatoms. The van der Waals surface area contributed by atoms with Gasteiger partial charge in [0.05, 0.1) is 13.2 Å². The summed E-state index contributed by atoms with van der Waals surface area (Å²) in [4.78, 5) is 0. The third kappa shape index (κ3) is 2.98. The van der Waals surface area contributed by atoms with E-state index in [4.69, 9.17) is 4.74 Å². The zero-order chi connectivity index (χ0) is 20.2. The van der Waals surface area contributed by atoms with Gasteiger partial charge in [-0.2, -0.15) is 0 Å². The Morgan fingerprint density at radius 1 is 1.10 bits per heavy atom. The van der Waals surface area contributed by atoms with E-state index in [1.807, 2.05) is 24.3 Å². The smallest absolute Gasteiger partial charge is 0.118 e. The first kappa shape index (κ1) is 18.7. The van der Waals surface area contributed by atoms with E-state index in [1.165, 1.54) is 16.7 Å². The fraction of sp³-hybridized carbons (Fsp3) is 0.462. The van der Waals surface area contributed by atoms with Gasteiger partial charge < -0.3 is 14.9 Å². The quantitative estimate of drug-likeness (QED) is 0.730. The summed E-state index contributed by atoms with van der Waals surface area (Å²) < 4.78 is 5.26. The van der Waals surface area contributed by atoms with E-state index >= 15 is 0 Å². The second-order valence-corrected chi connectivity index (χ2v) is 9.44. The lowest BCUT2D eigenvalue weighted by Gasteiger charge is -2.49. The average Bonchev–Trinajstić information content (AvgIpc) is 2.99. The summed E-state index contributed by atoms with van der Waals surface area (Å²) in [5.41, 5.74) is 5.03. The van der Waals surface area contributed by atoms with E-state index in [-0.39, 0.29) is 11.5 Å². The Kier molecular flexibility index (Phi) is 4.47. The van der Waals surface area contributed by atoms with Gasteiger partial charge in [-0.05, 0) is 96.4 Å². The molecule has 0 aliphatic heterocycles. The lowest BCUT2D eigenvalue weighted by atomic mass is 9.55. The number of aliphatic hydroxyl groups excluding tert-OH is 1. The van der Waals surface area contributed by atoms with E-state index in [0.717, 1.165) is 43.4 Å². The van der Waals surface area contributed by atoms with Crippen molar-refractivity contribution in [3.63, 3.8) is 0 Å². The number of rotatable bonds is 2. The molecule has 5 rings (SSSR count). The van der Waals surface area contributed by atoms with Crippen molar-refractivity contribution < 1.29 is 14.9 Å². The molecule has 5 atom stereocenters. The number of phenols is 1. The topological polar surface area (TPSA) is 49.7 Å². The Balaban J connectivity index is 1.45. The normalized spacial score (nSPS) is 34.4. The van der Waals surface area contributed by atoms with Gasteiger partial charge in [-0.1, -0.05) is 31.2 Å². The molecule has 0 amide bonds. The standard InChI is InChI=1S/C26H30O3/c1-26-12-11-22-21-10-6-19(27)14-17(21)5-9-23(22)24(26)15-18(25(26)28)13-16-3-7-20(29-2)8-4-16/h3-4,6-8,10,13-14,22-25,27-28H,5,9,11-12,15H2,1-2H3/b18-13+/t22-,23+,24+,25-,26-/m0/s1. The fourth-order valence-electron chi connectivity index (χ4n) is 6.48. The molecule has 3 nitrogen and oxygen atoms in total. The van der Waals surface area contributed by atoms with Crippen molar-refractivity contribution in [2.45, 2.75) is 51.0 Å². The molecule has 3 aliphatic carbocycles. The number of hydrogen-bond acceptors (Lipinski definition) is 3. The Morgan fingerprint density at radius 3 is 2.66 bits per heavy atom. The maximum Gasteiger partial charge on any atom is 0.118 e. The third-order valence-electron chi connectivity index (χ3n) is 8.05. The number of aryl methyl sites for hydroxylation is 1. The maximum atomic E-state index is 11.3. The zero-order valence-electron chi connectivity index (χ0n) is 17.3. The molecule has 0 radical (unpaired) electrons. The summed E-state index contributed by atoms with van der Waals surface area (Å²) in [6, 6.07) is 14.0. The molecule has 0 bridgehead atoms. The highest BCUT2D eigenvalue weighted by Crippen LogP contribution is 2.62. The monoisotopic (exact) mass is 390 g/mol. The molecule has 2 fully saturated rings. The van der Waals surface area contributed by atoms with Crippen molar-refractivity contribution in [1.82, 2.24) is 0 Å². The minimum atomic E-state index is -0.364. The number of phenolic OH excluding ortho intramolecular Hbond substituents is 1. The van der Waals surface area contributed by atoms with Crippen LogP contribution in [0, 0.1) is 17.3 Å². The summed E-state index contributed by atoms with van der Waals surface area (Å²) in [5.74, 6) is 2.92. The average molecular weight is 391 g/mol. The first-order valence-corrected chi connectivity index (χ1v) is 10.8. The molecule has 3 aliphatic rings. The molecule has 29 heavy (non-hydrogen) atoms. The van der Waals surface area contributed by atoms with Crippen LogP contribution in [0.25, 0.3) is 6.08 Å². The molecular weight excluding hydrogens is 360 g/mol. The molecule has 0 heterocycles. The highest BCUT2D eigenvalue weighted by atomic mass is 16.5. The van der Waals surface area contributed by atoms with Crippen LogP contribution in [-0.2, 0) is 6.42 Å². The number of hydrogen-bond donors (Lipinski definition) is 2. The number of aliphatic hydroxyl groups is 1. The van der Waals surface area contributed by atoms with Crippen molar-refractivity contribution in [2.24, 2.45) is 17.3 Å². The van der Waals surface area contributed by atoms with Gasteiger partial charge in [0.25, 0.3) is 0 Å². The van der Waals surface area contributed by atoms with Gasteiger partial charge in [0.15, 0.2) is 0 Å².